The number of amides is 1. The third-order valence-electron chi connectivity index (χ3n) is 9.84. The molecule has 0 spiro atoms. The number of aromatic hydroxyl groups is 1. The second-order valence-corrected chi connectivity index (χ2v) is 12.4. The number of ether oxygens (including phenoxy) is 4. The van der Waals surface area contributed by atoms with Crippen molar-refractivity contribution in [3.05, 3.63) is 39.4 Å². The van der Waals surface area contributed by atoms with E-state index in [0.717, 1.165) is 47.1 Å². The normalized spacial score (nSPS) is 25.1. The number of benzene rings is 2. The molecule has 4 aliphatic heterocycles. The number of aryl methyl sites for hydroxylation is 1. The summed E-state index contributed by atoms with van der Waals surface area (Å²) in [5.41, 5.74) is 4.76. The van der Waals surface area contributed by atoms with Crippen LogP contribution in [0.15, 0.2) is 6.07 Å². The van der Waals surface area contributed by atoms with E-state index in [0.29, 0.717) is 47.8 Å². The summed E-state index contributed by atoms with van der Waals surface area (Å²) in [6, 6.07) is 0.569. The number of esters is 1. The molecule has 2 aromatic rings. The van der Waals surface area contributed by atoms with Gasteiger partial charge >= 0.3 is 5.97 Å². The molecule has 0 radical (unpaired) electrons. The van der Waals surface area contributed by atoms with Crippen LogP contribution in [-0.4, -0.2) is 77.7 Å². The van der Waals surface area contributed by atoms with E-state index in [1.165, 1.54) is 6.92 Å². The maximum Gasteiger partial charge on any atom is 0.308 e. The number of nitrogens with one attached hydrogen (secondary N) is 1. The van der Waals surface area contributed by atoms with Crippen molar-refractivity contribution in [2.24, 2.45) is 0 Å². The van der Waals surface area contributed by atoms with Gasteiger partial charge in [-0.15, -0.1) is 0 Å². The van der Waals surface area contributed by atoms with Crippen molar-refractivity contribution < 1.29 is 38.7 Å². The van der Waals surface area contributed by atoms with Gasteiger partial charge in [0.05, 0.1) is 25.2 Å². The van der Waals surface area contributed by atoms with Gasteiger partial charge < -0.3 is 34.5 Å². The standard InChI is InChI=1S/C33H43N3O8/c1-7-8-9-10-24(38)34-14-23-26-20(30(44-18(4)37)17(3)31-32(26)43-15-42-31)13-21-27-25-19(11-16(2)29(41-6)28(25)39)12-22(35(27)5)33(40)36(21)23/h11,21-23,27,33,39-40H,7-10,12-15H2,1-6H3,(H,34,38)/t21?,22-,23-,27-,33?/m0/s1. The van der Waals surface area contributed by atoms with Crippen LogP contribution in [0.3, 0.4) is 0 Å². The molecule has 238 valence electrons. The Balaban J connectivity index is 1.52. The van der Waals surface area contributed by atoms with Crippen LogP contribution in [0.5, 0.6) is 28.7 Å². The van der Waals surface area contributed by atoms with Gasteiger partial charge in [0, 0.05) is 48.2 Å². The number of carbonyl (C=O) groups is 2. The van der Waals surface area contributed by atoms with E-state index < -0.39 is 18.2 Å². The Morgan fingerprint density at radius 1 is 1.09 bits per heavy atom. The number of phenols is 1. The van der Waals surface area contributed by atoms with Crippen LogP contribution in [-0.2, 0) is 22.4 Å². The van der Waals surface area contributed by atoms with Crippen molar-refractivity contribution in [3.8, 4) is 28.7 Å². The van der Waals surface area contributed by atoms with Gasteiger partial charge in [0.1, 0.15) is 12.0 Å². The van der Waals surface area contributed by atoms with Gasteiger partial charge in [0.25, 0.3) is 0 Å². The van der Waals surface area contributed by atoms with Crippen LogP contribution >= 0.6 is 0 Å². The molecule has 4 aliphatic rings. The summed E-state index contributed by atoms with van der Waals surface area (Å²) < 4.78 is 23.4. The van der Waals surface area contributed by atoms with Crippen LogP contribution in [0, 0.1) is 13.8 Å². The Morgan fingerprint density at radius 2 is 1.84 bits per heavy atom. The molecule has 0 saturated carbocycles. The average Bonchev–Trinajstić information content (AvgIpc) is 3.47. The van der Waals surface area contributed by atoms with E-state index in [1.54, 1.807) is 7.11 Å². The van der Waals surface area contributed by atoms with Crippen LogP contribution in [0.4, 0.5) is 0 Å². The second-order valence-electron chi connectivity index (χ2n) is 12.4. The fourth-order valence-corrected chi connectivity index (χ4v) is 7.95. The van der Waals surface area contributed by atoms with E-state index in [4.69, 9.17) is 18.9 Å². The number of aliphatic hydroxyl groups is 1. The molecule has 44 heavy (non-hydrogen) atoms. The minimum absolute atomic E-state index is 0.0165. The highest BCUT2D eigenvalue weighted by atomic mass is 16.7. The van der Waals surface area contributed by atoms with Crippen LogP contribution in [0.2, 0.25) is 0 Å². The zero-order valence-electron chi connectivity index (χ0n) is 26.4. The number of phenolic OH excluding ortho intramolecular Hbond substituents is 1. The minimum Gasteiger partial charge on any atom is -0.504 e. The minimum atomic E-state index is -0.898. The fraction of sp³-hybridized carbons (Fsp3) is 0.576. The van der Waals surface area contributed by atoms with Gasteiger partial charge in [0.15, 0.2) is 23.0 Å². The van der Waals surface area contributed by atoms with Gasteiger partial charge in [-0.05, 0) is 51.3 Å². The number of unbranched alkanes of at least 4 members (excludes halogenated alkanes) is 2. The molecule has 11 nitrogen and oxygen atoms in total. The van der Waals surface area contributed by atoms with Crippen molar-refractivity contribution in [1.82, 2.24) is 15.1 Å². The van der Waals surface area contributed by atoms with Gasteiger partial charge in [-0.2, -0.15) is 0 Å². The summed E-state index contributed by atoms with van der Waals surface area (Å²) in [5.74, 6) is 1.48. The number of fused-ring (bicyclic) bond motifs is 9. The van der Waals surface area contributed by atoms with E-state index in [9.17, 15) is 19.8 Å². The topological polar surface area (TPSA) is 130 Å². The molecule has 5 atom stereocenters. The van der Waals surface area contributed by atoms with Crippen molar-refractivity contribution in [2.45, 2.75) is 96.6 Å². The molecular weight excluding hydrogens is 566 g/mol. The van der Waals surface area contributed by atoms with Crippen LogP contribution < -0.4 is 24.3 Å². The Bertz CT molecular complexity index is 1490. The van der Waals surface area contributed by atoms with E-state index in [-0.39, 0.29) is 43.1 Å². The Kier molecular flexibility index (Phi) is 8.15. The highest BCUT2D eigenvalue weighted by Gasteiger charge is 2.56. The van der Waals surface area contributed by atoms with E-state index in [2.05, 4.69) is 22.0 Å². The summed E-state index contributed by atoms with van der Waals surface area (Å²) >= 11 is 0. The Morgan fingerprint density at radius 3 is 2.55 bits per heavy atom. The van der Waals surface area contributed by atoms with E-state index >= 15 is 0 Å². The molecular formula is C33H43N3O8. The maximum absolute atomic E-state index is 13.0. The molecule has 0 aromatic heterocycles. The summed E-state index contributed by atoms with van der Waals surface area (Å²) in [4.78, 5) is 29.6. The molecule has 1 fully saturated rings. The third kappa shape index (κ3) is 4.76. The smallest absolute Gasteiger partial charge is 0.308 e. The first-order valence-electron chi connectivity index (χ1n) is 15.6. The van der Waals surface area contributed by atoms with E-state index in [1.807, 2.05) is 27.0 Å². The number of hydrogen-bond acceptors (Lipinski definition) is 10. The predicted octanol–water partition coefficient (Wildman–Crippen LogP) is 3.57. The fourth-order valence-electron chi connectivity index (χ4n) is 7.95. The molecule has 2 bridgehead atoms. The highest BCUT2D eigenvalue weighted by Crippen LogP contribution is 2.58. The predicted molar refractivity (Wildman–Crippen MR) is 161 cm³/mol. The first-order chi connectivity index (χ1) is 21.1. The van der Waals surface area contributed by atoms with Crippen LogP contribution in [0.25, 0.3) is 0 Å². The molecule has 11 heteroatoms. The molecule has 6 rings (SSSR count). The Labute approximate surface area is 258 Å². The lowest BCUT2D eigenvalue weighted by Gasteiger charge is -2.60. The molecule has 2 aromatic carbocycles. The number of rotatable bonds is 8. The van der Waals surface area contributed by atoms with Crippen molar-refractivity contribution in [1.29, 1.82) is 0 Å². The monoisotopic (exact) mass is 609 g/mol. The van der Waals surface area contributed by atoms with Gasteiger partial charge in [0.2, 0.25) is 12.7 Å². The van der Waals surface area contributed by atoms with Crippen molar-refractivity contribution in [3.63, 3.8) is 0 Å². The molecule has 2 unspecified atom stereocenters. The summed E-state index contributed by atoms with van der Waals surface area (Å²) in [7, 11) is 3.52. The molecule has 3 N–H and O–H groups in total. The van der Waals surface area contributed by atoms with Gasteiger partial charge in [-0.1, -0.05) is 25.8 Å². The number of hydrogen-bond donors (Lipinski definition) is 3. The highest BCUT2D eigenvalue weighted by molar-refractivity contribution is 5.76. The lowest BCUT2D eigenvalue weighted by Crippen LogP contribution is -2.69. The number of carbonyl (C=O) groups excluding carboxylic acids is 2. The maximum atomic E-state index is 13.0. The first kappa shape index (κ1) is 30.5. The largest absolute Gasteiger partial charge is 0.504 e. The molecule has 4 heterocycles. The lowest BCUT2D eigenvalue weighted by atomic mass is 9.73. The van der Waals surface area contributed by atoms with Gasteiger partial charge in [-0.25, -0.2) is 0 Å². The SMILES string of the molecule is CCCCCC(=O)NC[C@H]1c2c(c(OC(C)=O)c(C)c3c2OCO3)CC2[C@H]3c4c(cc(C)c(OC)c4O)C[C@@H](C(O)N21)N3C. The summed E-state index contributed by atoms with van der Waals surface area (Å²) in [5, 5.41) is 26.8. The number of nitrogens with zero attached hydrogens (tertiary/aromatic N) is 2. The number of aliphatic hydroxyl groups excluding tert-OH is 1. The molecule has 1 amide bonds. The van der Waals surface area contributed by atoms with Gasteiger partial charge in [-0.3, -0.25) is 19.4 Å². The number of piperazine rings is 1. The lowest BCUT2D eigenvalue weighted by molar-refractivity contribution is -0.172. The molecule has 1 saturated heterocycles. The second kappa shape index (κ2) is 11.8. The van der Waals surface area contributed by atoms with Crippen molar-refractivity contribution in [2.75, 3.05) is 27.5 Å². The number of methoxy groups -OCH3 is 1. The Hall–Kier alpha value is -3.54. The zero-order chi connectivity index (χ0) is 31.4. The van der Waals surface area contributed by atoms with Crippen molar-refractivity contribution >= 4 is 11.9 Å². The first-order valence-corrected chi connectivity index (χ1v) is 15.6. The third-order valence-corrected chi connectivity index (χ3v) is 9.84. The number of likely N-dealkylation sites (N-methyl/N-ethyl adjacent to an activating group) is 1. The molecule has 0 aliphatic carbocycles. The van der Waals surface area contributed by atoms with Crippen LogP contribution in [0.1, 0.15) is 85.0 Å². The summed E-state index contributed by atoms with van der Waals surface area (Å²) in [6.45, 7) is 7.44. The summed E-state index contributed by atoms with van der Waals surface area (Å²) in [6.07, 6.45) is 3.22. The zero-order valence-corrected chi connectivity index (χ0v) is 26.4. The average molecular weight is 610 g/mol. The quantitative estimate of drug-likeness (QED) is 0.232.